The summed E-state index contributed by atoms with van der Waals surface area (Å²) < 4.78 is 11.6. The number of carbonyl (C=O) groups excluding carboxylic acids is 2. The molecule has 1 radical (unpaired) electrons. The van der Waals surface area contributed by atoms with Crippen LogP contribution in [0.2, 0.25) is 0 Å². The Morgan fingerprint density at radius 3 is 1.73 bits per heavy atom. The molecule has 0 aromatic rings. The molecular formula is C29H53N2O6. The Labute approximate surface area is 225 Å². The van der Waals surface area contributed by atoms with Gasteiger partial charge in [-0.15, -0.1) is 10.3 Å². The fourth-order valence-electron chi connectivity index (χ4n) is 6.41. The van der Waals surface area contributed by atoms with E-state index in [0.717, 1.165) is 43.6 Å². The number of hydroxylamine groups is 4. The molecule has 2 aliphatic rings. The molecule has 0 aromatic carbocycles. The molecule has 1 N–H and O–H groups in total. The van der Waals surface area contributed by atoms with Gasteiger partial charge in [-0.3, -0.25) is 9.59 Å². The Hall–Kier alpha value is -1.22. The molecule has 1 atom stereocenters. The molecule has 0 bridgehead atoms. The third-order valence-electron chi connectivity index (χ3n) is 8.16. The summed E-state index contributed by atoms with van der Waals surface area (Å²) in [6.45, 7) is 17.4. The molecule has 2 aliphatic heterocycles. The van der Waals surface area contributed by atoms with Crippen LogP contribution in [0.15, 0.2) is 0 Å². The molecule has 0 amide bonds. The van der Waals surface area contributed by atoms with Gasteiger partial charge in [0.25, 0.3) is 0 Å². The van der Waals surface area contributed by atoms with E-state index in [4.69, 9.17) is 9.47 Å². The fourth-order valence-corrected chi connectivity index (χ4v) is 6.41. The molecule has 2 heterocycles. The number of esters is 2. The Bertz CT molecular complexity index is 742. The van der Waals surface area contributed by atoms with Crippen LogP contribution in [-0.4, -0.2) is 61.6 Å². The summed E-state index contributed by atoms with van der Waals surface area (Å²) in [7, 11) is 0. The van der Waals surface area contributed by atoms with E-state index < -0.39 is 22.2 Å². The zero-order chi connectivity index (χ0) is 28.2. The molecule has 2 fully saturated rings. The van der Waals surface area contributed by atoms with Gasteiger partial charge < -0.3 is 14.7 Å². The fraction of sp³-hybridized carbons (Fsp3) is 0.931. The summed E-state index contributed by atoms with van der Waals surface area (Å²) in [5.74, 6) is -0.479. The molecule has 2 rings (SSSR count). The topological polar surface area (TPSA) is 99.2 Å². The zero-order valence-electron chi connectivity index (χ0n) is 24.9. The van der Waals surface area contributed by atoms with Gasteiger partial charge in [0.2, 0.25) is 0 Å². The minimum atomic E-state index is -0.541. The molecule has 1 unspecified atom stereocenters. The maximum absolute atomic E-state index is 12.6. The third kappa shape index (κ3) is 8.91. The molecule has 0 aromatic heterocycles. The lowest BCUT2D eigenvalue weighted by Gasteiger charge is -2.51. The van der Waals surface area contributed by atoms with Crippen molar-refractivity contribution in [1.82, 2.24) is 10.1 Å². The first-order valence-electron chi connectivity index (χ1n) is 14.2. The van der Waals surface area contributed by atoms with Gasteiger partial charge in [0.05, 0.1) is 5.92 Å². The average molecular weight is 526 g/mol. The average Bonchev–Trinajstić information content (AvgIpc) is 2.74. The van der Waals surface area contributed by atoms with Crippen LogP contribution in [0, 0.1) is 5.92 Å². The summed E-state index contributed by atoms with van der Waals surface area (Å²) in [5, 5.41) is 25.4. The van der Waals surface area contributed by atoms with Gasteiger partial charge >= 0.3 is 11.9 Å². The molecule has 8 heteroatoms. The highest BCUT2D eigenvalue weighted by Crippen LogP contribution is 2.39. The van der Waals surface area contributed by atoms with Crippen molar-refractivity contribution < 1.29 is 29.5 Å². The summed E-state index contributed by atoms with van der Waals surface area (Å²) >= 11 is 0. The standard InChI is InChI=1S/C29H53N2O6/c1-21(25(33)37-23-19-28(6,7)31(35)29(8,9)20-23)15-13-11-10-12-14-16-24(32)36-22-17-26(2,3)30(34)27(4,5)18-22/h21-23,35H,10-20H2,1-9H3. The number of rotatable bonds is 11. The number of unbranched alkanes of at least 4 members (excludes halogenated alkanes) is 4. The van der Waals surface area contributed by atoms with Gasteiger partial charge in [0, 0.05) is 54.3 Å². The second kappa shape index (κ2) is 12.3. The smallest absolute Gasteiger partial charge is 0.308 e. The molecular weight excluding hydrogens is 472 g/mol. The highest BCUT2D eigenvalue weighted by molar-refractivity contribution is 5.72. The maximum Gasteiger partial charge on any atom is 0.308 e. The van der Waals surface area contributed by atoms with Crippen molar-refractivity contribution in [2.24, 2.45) is 5.92 Å². The van der Waals surface area contributed by atoms with E-state index in [0.29, 0.717) is 32.1 Å². The van der Waals surface area contributed by atoms with Gasteiger partial charge in [0.1, 0.15) is 12.2 Å². The van der Waals surface area contributed by atoms with Crippen LogP contribution >= 0.6 is 0 Å². The van der Waals surface area contributed by atoms with Crippen LogP contribution in [-0.2, 0) is 24.3 Å². The van der Waals surface area contributed by atoms with Gasteiger partial charge in [0.15, 0.2) is 0 Å². The predicted molar refractivity (Wildman–Crippen MR) is 142 cm³/mol. The van der Waals surface area contributed by atoms with E-state index in [2.05, 4.69) is 0 Å². The van der Waals surface area contributed by atoms with Crippen molar-refractivity contribution >= 4 is 11.9 Å². The van der Waals surface area contributed by atoms with E-state index >= 15 is 0 Å². The molecule has 0 aliphatic carbocycles. The van der Waals surface area contributed by atoms with E-state index in [1.165, 1.54) is 5.06 Å². The highest BCUT2D eigenvalue weighted by atomic mass is 16.6. The van der Waals surface area contributed by atoms with E-state index in [9.17, 15) is 20.0 Å². The zero-order valence-corrected chi connectivity index (χ0v) is 24.9. The quantitative estimate of drug-likeness (QED) is 0.253. The van der Waals surface area contributed by atoms with Crippen molar-refractivity contribution in [2.45, 2.75) is 167 Å². The van der Waals surface area contributed by atoms with Gasteiger partial charge in [-0.1, -0.05) is 32.6 Å². The lowest BCUT2D eigenvalue weighted by atomic mass is 9.80. The summed E-state index contributed by atoms with van der Waals surface area (Å²) in [6, 6.07) is 0. The van der Waals surface area contributed by atoms with Crippen molar-refractivity contribution in [1.29, 1.82) is 0 Å². The summed E-state index contributed by atoms with van der Waals surface area (Å²) in [6.07, 6.45) is 7.85. The monoisotopic (exact) mass is 525 g/mol. The van der Waals surface area contributed by atoms with Crippen LogP contribution < -0.4 is 0 Å². The minimum Gasteiger partial charge on any atom is -0.462 e. The van der Waals surface area contributed by atoms with E-state index in [1.807, 2.05) is 62.3 Å². The second-order valence-electron chi connectivity index (χ2n) is 14.1. The number of piperidine rings is 2. The number of ether oxygens (including phenoxy) is 2. The molecule has 0 spiro atoms. The SMILES string of the molecule is CC(CCCCCCCC(=O)OC1CC(C)(C)N([O])C(C)(C)C1)C(=O)OC1CC(C)(C)N(O)C(C)(C)C1. The highest BCUT2D eigenvalue weighted by Gasteiger charge is 2.48. The minimum absolute atomic E-state index is 0.151. The van der Waals surface area contributed by atoms with Crippen LogP contribution in [0.5, 0.6) is 0 Å². The Balaban J connectivity index is 1.60. The van der Waals surface area contributed by atoms with Crippen molar-refractivity contribution in [3.63, 3.8) is 0 Å². The Kier molecular flexibility index (Phi) is 10.6. The Morgan fingerprint density at radius 2 is 1.19 bits per heavy atom. The van der Waals surface area contributed by atoms with Crippen molar-refractivity contribution in [3.8, 4) is 0 Å². The molecule has 215 valence electrons. The van der Waals surface area contributed by atoms with Gasteiger partial charge in [-0.05, 0) is 68.2 Å². The van der Waals surface area contributed by atoms with Crippen molar-refractivity contribution in [2.75, 3.05) is 0 Å². The van der Waals surface area contributed by atoms with Crippen LogP contribution in [0.25, 0.3) is 0 Å². The number of nitrogens with zero attached hydrogens (tertiary/aromatic N) is 2. The predicted octanol–water partition coefficient (Wildman–Crippen LogP) is 6.22. The second-order valence-corrected chi connectivity index (χ2v) is 14.1. The number of carbonyl (C=O) groups is 2. The lowest BCUT2D eigenvalue weighted by Crippen LogP contribution is -2.60. The molecule has 8 nitrogen and oxygen atoms in total. The van der Waals surface area contributed by atoms with Crippen LogP contribution in [0.4, 0.5) is 0 Å². The van der Waals surface area contributed by atoms with Crippen LogP contribution in [0.3, 0.4) is 0 Å². The Morgan fingerprint density at radius 1 is 0.757 bits per heavy atom. The number of hydrogen-bond donors (Lipinski definition) is 1. The number of hydrogen-bond acceptors (Lipinski definition) is 7. The first-order chi connectivity index (χ1) is 16.9. The van der Waals surface area contributed by atoms with E-state index in [-0.39, 0.29) is 30.1 Å². The first kappa shape index (κ1) is 32.0. The molecule has 2 saturated heterocycles. The maximum atomic E-state index is 12.6. The first-order valence-corrected chi connectivity index (χ1v) is 14.2. The summed E-state index contributed by atoms with van der Waals surface area (Å²) in [5.41, 5.74) is -1.96. The van der Waals surface area contributed by atoms with Crippen LogP contribution in [0.1, 0.15) is 133 Å². The largest absolute Gasteiger partial charge is 0.462 e. The van der Waals surface area contributed by atoms with Crippen molar-refractivity contribution in [3.05, 3.63) is 0 Å². The van der Waals surface area contributed by atoms with Gasteiger partial charge in [-0.2, -0.15) is 5.06 Å². The van der Waals surface area contributed by atoms with Gasteiger partial charge in [-0.25, -0.2) is 0 Å². The third-order valence-corrected chi connectivity index (χ3v) is 8.16. The molecule has 0 saturated carbocycles. The summed E-state index contributed by atoms with van der Waals surface area (Å²) in [4.78, 5) is 25.0. The lowest BCUT2D eigenvalue weighted by molar-refractivity contribution is -0.299. The van der Waals surface area contributed by atoms with E-state index in [1.54, 1.807) is 0 Å². The normalized spacial score (nSPS) is 24.9. The molecule has 37 heavy (non-hydrogen) atoms.